The van der Waals surface area contributed by atoms with Gasteiger partial charge in [-0.3, -0.25) is 4.90 Å². The summed E-state index contributed by atoms with van der Waals surface area (Å²) >= 11 is 0. The normalized spacial score (nSPS) is 19.3. The number of piperazine rings is 1. The first kappa shape index (κ1) is 16.2. The fourth-order valence-corrected chi connectivity index (χ4v) is 3.13. The molecule has 1 atom stereocenters. The SMILES string of the molecule is CS(=O)(=O)N1CCN(CC(O)COc2ccccc2)CC1. The minimum Gasteiger partial charge on any atom is -0.491 e. The molecule has 0 bridgehead atoms. The van der Waals surface area contributed by atoms with Crippen LogP contribution in [0.15, 0.2) is 30.3 Å². The molecular weight excluding hydrogens is 292 g/mol. The monoisotopic (exact) mass is 314 g/mol. The number of β-amino-alcohol motifs (C(OH)–C–C–N with tert-alkyl or cyclic N) is 1. The lowest BCUT2D eigenvalue weighted by molar-refractivity contribution is 0.0570. The van der Waals surface area contributed by atoms with Crippen LogP contribution in [0.5, 0.6) is 5.75 Å². The van der Waals surface area contributed by atoms with E-state index in [1.807, 2.05) is 30.3 Å². The van der Waals surface area contributed by atoms with Gasteiger partial charge in [0.1, 0.15) is 18.5 Å². The highest BCUT2D eigenvalue weighted by atomic mass is 32.2. The van der Waals surface area contributed by atoms with E-state index in [1.165, 1.54) is 10.6 Å². The Kier molecular flexibility index (Phi) is 5.58. The van der Waals surface area contributed by atoms with E-state index in [1.54, 1.807) is 0 Å². The number of ether oxygens (including phenoxy) is 1. The maximum absolute atomic E-state index is 11.4. The van der Waals surface area contributed by atoms with Crippen LogP contribution in [0.25, 0.3) is 0 Å². The molecule has 0 aromatic heterocycles. The highest BCUT2D eigenvalue weighted by Crippen LogP contribution is 2.10. The molecule has 0 saturated carbocycles. The Labute approximate surface area is 126 Å². The number of rotatable bonds is 6. The van der Waals surface area contributed by atoms with Crippen molar-refractivity contribution in [1.82, 2.24) is 9.21 Å². The van der Waals surface area contributed by atoms with Crippen LogP contribution in [0.4, 0.5) is 0 Å². The lowest BCUT2D eigenvalue weighted by atomic mass is 10.3. The van der Waals surface area contributed by atoms with Gasteiger partial charge in [0.05, 0.1) is 6.26 Å². The summed E-state index contributed by atoms with van der Waals surface area (Å²) in [5, 5.41) is 9.99. The van der Waals surface area contributed by atoms with E-state index < -0.39 is 16.1 Å². The minimum absolute atomic E-state index is 0.232. The molecule has 7 heteroatoms. The van der Waals surface area contributed by atoms with Gasteiger partial charge in [0.25, 0.3) is 0 Å². The van der Waals surface area contributed by atoms with Crippen LogP contribution in [0.1, 0.15) is 0 Å². The van der Waals surface area contributed by atoms with Crippen molar-refractivity contribution in [2.24, 2.45) is 0 Å². The molecule has 6 nitrogen and oxygen atoms in total. The maximum Gasteiger partial charge on any atom is 0.211 e. The molecule has 1 aliphatic rings. The van der Waals surface area contributed by atoms with E-state index in [-0.39, 0.29) is 6.61 Å². The highest BCUT2D eigenvalue weighted by Gasteiger charge is 2.24. The van der Waals surface area contributed by atoms with E-state index in [4.69, 9.17) is 4.74 Å². The molecule has 1 aromatic rings. The van der Waals surface area contributed by atoms with Gasteiger partial charge >= 0.3 is 0 Å². The molecule has 1 aliphatic heterocycles. The number of nitrogens with zero attached hydrogens (tertiary/aromatic N) is 2. The highest BCUT2D eigenvalue weighted by molar-refractivity contribution is 7.88. The number of hydrogen-bond acceptors (Lipinski definition) is 5. The predicted octanol–water partition coefficient (Wildman–Crippen LogP) is 0.00350. The summed E-state index contributed by atoms with van der Waals surface area (Å²) in [6.07, 6.45) is 0.639. The van der Waals surface area contributed by atoms with Gasteiger partial charge < -0.3 is 9.84 Å². The molecule has 1 fully saturated rings. The summed E-state index contributed by atoms with van der Waals surface area (Å²) in [5.41, 5.74) is 0. The van der Waals surface area contributed by atoms with Crippen molar-refractivity contribution < 1.29 is 18.3 Å². The van der Waals surface area contributed by atoms with Crippen LogP contribution in [-0.4, -0.2) is 74.4 Å². The van der Waals surface area contributed by atoms with Crippen LogP contribution in [0.3, 0.4) is 0 Å². The van der Waals surface area contributed by atoms with Crippen molar-refractivity contribution >= 4 is 10.0 Å². The van der Waals surface area contributed by atoms with Crippen molar-refractivity contribution in [2.75, 3.05) is 45.6 Å². The molecule has 1 N–H and O–H groups in total. The van der Waals surface area contributed by atoms with E-state index in [2.05, 4.69) is 4.90 Å². The maximum atomic E-state index is 11.4. The Hall–Kier alpha value is -1.15. The zero-order chi connectivity index (χ0) is 15.3. The molecule has 0 spiro atoms. The van der Waals surface area contributed by atoms with E-state index in [0.717, 1.165) is 5.75 Å². The lowest BCUT2D eigenvalue weighted by Crippen LogP contribution is -2.50. The van der Waals surface area contributed by atoms with Crippen molar-refractivity contribution in [3.05, 3.63) is 30.3 Å². The molecule has 0 amide bonds. The van der Waals surface area contributed by atoms with E-state index in [0.29, 0.717) is 32.7 Å². The third-order valence-electron chi connectivity index (χ3n) is 3.45. The van der Waals surface area contributed by atoms with Gasteiger partial charge in [-0.1, -0.05) is 18.2 Å². The Balaban J connectivity index is 1.71. The number of sulfonamides is 1. The minimum atomic E-state index is -3.10. The zero-order valence-corrected chi connectivity index (χ0v) is 13.0. The van der Waals surface area contributed by atoms with Crippen molar-refractivity contribution in [3.63, 3.8) is 0 Å². The Bertz CT molecular complexity index is 527. The van der Waals surface area contributed by atoms with Gasteiger partial charge in [0, 0.05) is 32.7 Å². The summed E-state index contributed by atoms with van der Waals surface area (Å²) in [7, 11) is -3.10. The third kappa shape index (κ3) is 5.28. The summed E-state index contributed by atoms with van der Waals surface area (Å²) in [5.74, 6) is 0.735. The molecule has 1 heterocycles. The number of hydrogen-bond donors (Lipinski definition) is 1. The van der Waals surface area contributed by atoms with Crippen molar-refractivity contribution in [2.45, 2.75) is 6.10 Å². The van der Waals surface area contributed by atoms with Gasteiger partial charge in [0.15, 0.2) is 0 Å². The third-order valence-corrected chi connectivity index (χ3v) is 4.76. The summed E-state index contributed by atoms with van der Waals surface area (Å²) in [6, 6.07) is 9.36. The average molecular weight is 314 g/mol. The number of aliphatic hydroxyl groups excluding tert-OH is 1. The smallest absolute Gasteiger partial charge is 0.211 e. The number of benzene rings is 1. The van der Waals surface area contributed by atoms with E-state index in [9.17, 15) is 13.5 Å². The topological polar surface area (TPSA) is 70.1 Å². The second-order valence-corrected chi connectivity index (χ2v) is 7.22. The number of aliphatic hydroxyl groups is 1. The molecule has 118 valence electrons. The molecule has 0 aliphatic carbocycles. The second kappa shape index (κ2) is 7.22. The first-order valence-electron chi connectivity index (χ1n) is 6.98. The van der Waals surface area contributed by atoms with Crippen LogP contribution in [0, 0.1) is 0 Å². The van der Waals surface area contributed by atoms with Gasteiger partial charge in [-0.2, -0.15) is 4.31 Å². The van der Waals surface area contributed by atoms with Gasteiger partial charge in [0.2, 0.25) is 10.0 Å². The summed E-state index contributed by atoms with van der Waals surface area (Å²) in [4.78, 5) is 2.06. The van der Waals surface area contributed by atoms with Gasteiger partial charge in [-0.15, -0.1) is 0 Å². The summed E-state index contributed by atoms with van der Waals surface area (Å²) < 4.78 is 29.8. The molecule has 1 unspecified atom stereocenters. The lowest BCUT2D eigenvalue weighted by Gasteiger charge is -2.34. The van der Waals surface area contributed by atoms with Crippen LogP contribution >= 0.6 is 0 Å². The second-order valence-electron chi connectivity index (χ2n) is 5.24. The molecule has 2 rings (SSSR count). The summed E-state index contributed by atoms with van der Waals surface area (Å²) in [6.45, 7) is 2.95. The first-order valence-corrected chi connectivity index (χ1v) is 8.83. The average Bonchev–Trinajstić information content (AvgIpc) is 2.46. The fourth-order valence-electron chi connectivity index (χ4n) is 2.30. The molecule has 21 heavy (non-hydrogen) atoms. The Morgan fingerprint density at radius 1 is 1.19 bits per heavy atom. The van der Waals surface area contributed by atoms with Crippen molar-refractivity contribution in [3.8, 4) is 5.75 Å². The van der Waals surface area contributed by atoms with Gasteiger partial charge in [-0.05, 0) is 12.1 Å². The Morgan fingerprint density at radius 3 is 2.38 bits per heavy atom. The van der Waals surface area contributed by atoms with E-state index >= 15 is 0 Å². The van der Waals surface area contributed by atoms with Crippen LogP contribution < -0.4 is 4.74 Å². The molecule has 1 saturated heterocycles. The predicted molar refractivity (Wildman–Crippen MR) is 80.8 cm³/mol. The fraction of sp³-hybridized carbons (Fsp3) is 0.571. The molecule has 1 aromatic carbocycles. The van der Waals surface area contributed by atoms with Crippen molar-refractivity contribution in [1.29, 1.82) is 0 Å². The zero-order valence-electron chi connectivity index (χ0n) is 12.2. The van der Waals surface area contributed by atoms with Gasteiger partial charge in [-0.25, -0.2) is 8.42 Å². The number of para-hydroxylation sites is 1. The van der Waals surface area contributed by atoms with Crippen LogP contribution in [-0.2, 0) is 10.0 Å². The first-order chi connectivity index (χ1) is 9.95. The van der Waals surface area contributed by atoms with Crippen LogP contribution in [0.2, 0.25) is 0 Å². The molecule has 0 radical (unpaired) electrons. The quantitative estimate of drug-likeness (QED) is 0.800. The Morgan fingerprint density at radius 2 is 1.81 bits per heavy atom. The molecular formula is C14H22N2O4S. The standard InChI is InChI=1S/C14H22N2O4S/c1-21(18,19)16-9-7-15(8-10-16)11-13(17)12-20-14-5-3-2-4-6-14/h2-6,13,17H,7-12H2,1H3. The largest absolute Gasteiger partial charge is 0.491 e.